The van der Waals surface area contributed by atoms with E-state index in [2.05, 4.69) is 5.10 Å². The first kappa shape index (κ1) is 12.0. The number of benzene rings is 1. The Kier molecular flexibility index (Phi) is 4.01. The highest BCUT2D eigenvalue weighted by Crippen LogP contribution is 2.15. The van der Waals surface area contributed by atoms with Crippen molar-refractivity contribution in [3.63, 3.8) is 0 Å². The predicted molar refractivity (Wildman–Crippen MR) is 65.2 cm³/mol. The van der Waals surface area contributed by atoms with Crippen LogP contribution in [0.1, 0.15) is 0 Å². The second-order valence-electron chi connectivity index (χ2n) is 3.65. The summed E-state index contributed by atoms with van der Waals surface area (Å²) < 4.78 is 7.08. The van der Waals surface area contributed by atoms with Gasteiger partial charge in [0.15, 0.2) is 0 Å². The monoisotopic (exact) mass is 252 g/mol. The van der Waals surface area contributed by atoms with Crippen LogP contribution in [0, 0.1) is 0 Å². The van der Waals surface area contributed by atoms with Crippen molar-refractivity contribution in [2.75, 3.05) is 6.61 Å². The molecule has 90 valence electrons. The van der Waals surface area contributed by atoms with Crippen LogP contribution in [0.15, 0.2) is 42.7 Å². The van der Waals surface area contributed by atoms with Crippen LogP contribution in [-0.4, -0.2) is 27.6 Å². The SMILES string of the molecule is OC(COc1ccc(Cl)cc1)Cn1cccn1. The van der Waals surface area contributed by atoms with Gasteiger partial charge < -0.3 is 9.84 Å². The molecule has 0 bridgehead atoms. The Morgan fingerprint density at radius 2 is 2.12 bits per heavy atom. The molecule has 0 amide bonds. The highest BCUT2D eigenvalue weighted by atomic mass is 35.5. The molecule has 0 fully saturated rings. The van der Waals surface area contributed by atoms with Crippen LogP contribution in [0.2, 0.25) is 5.02 Å². The van der Waals surface area contributed by atoms with Crippen LogP contribution >= 0.6 is 11.6 Å². The maximum atomic E-state index is 9.72. The zero-order chi connectivity index (χ0) is 12.1. The largest absolute Gasteiger partial charge is 0.491 e. The zero-order valence-corrected chi connectivity index (χ0v) is 9.92. The molecule has 1 atom stereocenters. The van der Waals surface area contributed by atoms with Crippen molar-refractivity contribution < 1.29 is 9.84 Å². The van der Waals surface area contributed by atoms with Gasteiger partial charge in [-0.1, -0.05) is 11.6 Å². The number of aliphatic hydroxyl groups excluding tert-OH is 1. The number of rotatable bonds is 5. The molecular weight excluding hydrogens is 240 g/mol. The smallest absolute Gasteiger partial charge is 0.119 e. The number of aromatic nitrogens is 2. The van der Waals surface area contributed by atoms with Crippen molar-refractivity contribution in [2.24, 2.45) is 0 Å². The Balaban J connectivity index is 1.79. The topological polar surface area (TPSA) is 47.3 Å². The Labute approximate surface area is 104 Å². The van der Waals surface area contributed by atoms with Crippen LogP contribution in [0.3, 0.4) is 0 Å². The summed E-state index contributed by atoms with van der Waals surface area (Å²) in [4.78, 5) is 0. The lowest BCUT2D eigenvalue weighted by Gasteiger charge is -2.12. The molecular formula is C12H13ClN2O2. The molecule has 0 aliphatic heterocycles. The van der Waals surface area contributed by atoms with Gasteiger partial charge in [0, 0.05) is 17.4 Å². The molecule has 2 rings (SSSR count). The first-order valence-electron chi connectivity index (χ1n) is 5.28. The molecule has 2 aromatic rings. The Morgan fingerprint density at radius 3 is 2.76 bits per heavy atom. The van der Waals surface area contributed by atoms with Crippen LogP contribution in [0.4, 0.5) is 0 Å². The number of nitrogens with zero attached hydrogens (tertiary/aromatic N) is 2. The molecule has 0 spiro atoms. The van der Waals surface area contributed by atoms with E-state index in [1.54, 1.807) is 41.3 Å². The van der Waals surface area contributed by atoms with Gasteiger partial charge in [-0.15, -0.1) is 0 Å². The van der Waals surface area contributed by atoms with Crippen LogP contribution in [0.5, 0.6) is 5.75 Å². The Hall–Kier alpha value is -1.52. The van der Waals surface area contributed by atoms with E-state index < -0.39 is 6.10 Å². The summed E-state index contributed by atoms with van der Waals surface area (Å²) >= 11 is 5.75. The number of ether oxygens (including phenoxy) is 1. The maximum absolute atomic E-state index is 9.72. The summed E-state index contributed by atoms with van der Waals surface area (Å²) in [6, 6.07) is 8.84. The zero-order valence-electron chi connectivity index (χ0n) is 9.16. The highest BCUT2D eigenvalue weighted by Gasteiger charge is 2.06. The van der Waals surface area contributed by atoms with E-state index in [9.17, 15) is 5.11 Å². The van der Waals surface area contributed by atoms with Gasteiger partial charge >= 0.3 is 0 Å². The summed E-state index contributed by atoms with van der Waals surface area (Å²) in [6.07, 6.45) is 2.88. The average Bonchev–Trinajstić information content (AvgIpc) is 2.81. The van der Waals surface area contributed by atoms with Crippen molar-refractivity contribution in [2.45, 2.75) is 12.6 Å². The van der Waals surface area contributed by atoms with Gasteiger partial charge in [0.25, 0.3) is 0 Å². The first-order chi connectivity index (χ1) is 8.24. The van der Waals surface area contributed by atoms with Gasteiger partial charge in [0.2, 0.25) is 0 Å². The maximum Gasteiger partial charge on any atom is 0.119 e. The average molecular weight is 253 g/mol. The minimum Gasteiger partial charge on any atom is -0.491 e. The van der Waals surface area contributed by atoms with Crippen LogP contribution in [-0.2, 0) is 6.54 Å². The molecule has 17 heavy (non-hydrogen) atoms. The molecule has 1 unspecified atom stereocenters. The van der Waals surface area contributed by atoms with Gasteiger partial charge in [0.1, 0.15) is 18.5 Å². The van der Waals surface area contributed by atoms with E-state index in [1.807, 2.05) is 6.07 Å². The molecule has 1 aromatic carbocycles. The molecule has 0 saturated heterocycles. The lowest BCUT2D eigenvalue weighted by Crippen LogP contribution is -2.23. The number of aliphatic hydroxyl groups is 1. The van der Waals surface area contributed by atoms with Crippen molar-refractivity contribution in [3.05, 3.63) is 47.7 Å². The van der Waals surface area contributed by atoms with Gasteiger partial charge in [-0.05, 0) is 30.3 Å². The van der Waals surface area contributed by atoms with Gasteiger partial charge in [-0.25, -0.2) is 0 Å². The second kappa shape index (κ2) is 5.70. The quantitative estimate of drug-likeness (QED) is 0.885. The molecule has 0 radical (unpaired) electrons. The second-order valence-corrected chi connectivity index (χ2v) is 4.08. The number of hydrogen-bond donors (Lipinski definition) is 1. The van der Waals surface area contributed by atoms with Gasteiger partial charge in [-0.3, -0.25) is 4.68 Å². The first-order valence-corrected chi connectivity index (χ1v) is 5.66. The molecule has 0 aliphatic rings. The van der Waals surface area contributed by atoms with Crippen molar-refractivity contribution in [1.29, 1.82) is 0 Å². The number of halogens is 1. The third-order valence-corrected chi connectivity index (χ3v) is 2.47. The summed E-state index contributed by atoms with van der Waals surface area (Å²) in [5, 5.41) is 14.4. The van der Waals surface area contributed by atoms with Crippen LogP contribution < -0.4 is 4.74 Å². The molecule has 1 aromatic heterocycles. The van der Waals surface area contributed by atoms with Crippen molar-refractivity contribution in [3.8, 4) is 5.75 Å². The molecule has 5 heteroatoms. The standard InChI is InChI=1S/C12H13ClN2O2/c13-10-2-4-12(5-3-10)17-9-11(16)8-15-7-1-6-14-15/h1-7,11,16H,8-9H2. The Morgan fingerprint density at radius 1 is 1.35 bits per heavy atom. The molecule has 1 N–H and O–H groups in total. The summed E-state index contributed by atoms with van der Waals surface area (Å²) in [5.41, 5.74) is 0. The van der Waals surface area contributed by atoms with E-state index in [4.69, 9.17) is 16.3 Å². The molecule has 4 nitrogen and oxygen atoms in total. The van der Waals surface area contributed by atoms with E-state index >= 15 is 0 Å². The van der Waals surface area contributed by atoms with E-state index in [0.29, 0.717) is 17.3 Å². The van der Waals surface area contributed by atoms with Gasteiger partial charge in [-0.2, -0.15) is 5.10 Å². The summed E-state index contributed by atoms with van der Waals surface area (Å²) in [5.74, 6) is 0.689. The number of hydrogen-bond acceptors (Lipinski definition) is 3. The van der Waals surface area contributed by atoms with E-state index in [-0.39, 0.29) is 6.61 Å². The minimum absolute atomic E-state index is 0.224. The fraction of sp³-hybridized carbons (Fsp3) is 0.250. The third kappa shape index (κ3) is 3.76. The lowest BCUT2D eigenvalue weighted by atomic mass is 10.3. The third-order valence-electron chi connectivity index (χ3n) is 2.21. The molecule has 1 heterocycles. The van der Waals surface area contributed by atoms with E-state index in [1.165, 1.54) is 0 Å². The summed E-state index contributed by atoms with van der Waals surface area (Å²) in [7, 11) is 0. The fourth-order valence-electron chi connectivity index (χ4n) is 1.40. The summed E-state index contributed by atoms with van der Waals surface area (Å²) in [6.45, 7) is 0.641. The van der Waals surface area contributed by atoms with Crippen molar-refractivity contribution in [1.82, 2.24) is 9.78 Å². The molecule has 0 saturated carbocycles. The lowest BCUT2D eigenvalue weighted by molar-refractivity contribution is 0.0893. The predicted octanol–water partition coefficient (Wildman–Crippen LogP) is 1.98. The Bertz CT molecular complexity index is 442. The van der Waals surface area contributed by atoms with E-state index in [0.717, 1.165) is 0 Å². The van der Waals surface area contributed by atoms with Crippen molar-refractivity contribution >= 4 is 11.6 Å². The van der Waals surface area contributed by atoms with Crippen LogP contribution in [0.25, 0.3) is 0 Å². The normalized spacial score (nSPS) is 12.4. The molecule has 0 aliphatic carbocycles. The minimum atomic E-state index is -0.592. The van der Waals surface area contributed by atoms with Gasteiger partial charge in [0.05, 0.1) is 6.54 Å². The highest BCUT2D eigenvalue weighted by molar-refractivity contribution is 6.30. The fourth-order valence-corrected chi connectivity index (χ4v) is 1.53.